The molecule has 0 radical (unpaired) electrons. The van der Waals surface area contributed by atoms with Crippen molar-refractivity contribution in [2.24, 2.45) is 5.41 Å². The van der Waals surface area contributed by atoms with E-state index in [0.29, 0.717) is 32.5 Å². The summed E-state index contributed by atoms with van der Waals surface area (Å²) in [6.07, 6.45) is 1.98. The number of likely N-dealkylation sites (tertiary alicyclic amines) is 1. The molecule has 1 unspecified atom stereocenters. The Morgan fingerprint density at radius 1 is 1.31 bits per heavy atom. The fourth-order valence-corrected chi connectivity index (χ4v) is 3.96. The van der Waals surface area contributed by atoms with Crippen LogP contribution in [0.15, 0.2) is 34.9 Å². The van der Waals surface area contributed by atoms with E-state index in [-0.39, 0.29) is 23.6 Å². The molecule has 1 saturated heterocycles. The van der Waals surface area contributed by atoms with Crippen molar-refractivity contribution in [1.82, 2.24) is 10.1 Å². The fourth-order valence-electron chi connectivity index (χ4n) is 3.96. The number of hydrogen-bond donors (Lipinski definition) is 0. The van der Waals surface area contributed by atoms with Crippen LogP contribution in [0.4, 0.5) is 0 Å². The molecule has 0 N–H and O–H groups in total. The molecule has 29 heavy (non-hydrogen) atoms. The summed E-state index contributed by atoms with van der Waals surface area (Å²) in [6.45, 7) is 9.08. The minimum absolute atomic E-state index is 0.182. The Morgan fingerprint density at radius 2 is 2.07 bits per heavy atom. The van der Waals surface area contributed by atoms with Gasteiger partial charge in [0.1, 0.15) is 0 Å². The molecule has 2 aromatic rings. The van der Waals surface area contributed by atoms with Crippen LogP contribution in [-0.4, -0.2) is 41.6 Å². The third-order valence-corrected chi connectivity index (χ3v) is 5.69. The SMILES string of the molecule is CCOC(=O)C1(Cc2ccccc2C)CCCN(C(=O)c2cc(C(C)C)no2)C1. The quantitative estimate of drug-likeness (QED) is 0.684. The van der Waals surface area contributed by atoms with Crippen molar-refractivity contribution in [3.05, 3.63) is 52.9 Å². The number of carbonyl (C=O) groups is 2. The minimum atomic E-state index is -0.753. The number of amides is 1. The second-order valence-electron chi connectivity index (χ2n) is 8.21. The van der Waals surface area contributed by atoms with Gasteiger partial charge >= 0.3 is 5.97 Å². The minimum Gasteiger partial charge on any atom is -0.466 e. The van der Waals surface area contributed by atoms with E-state index in [4.69, 9.17) is 9.26 Å². The summed E-state index contributed by atoms with van der Waals surface area (Å²) in [5, 5.41) is 4.00. The highest BCUT2D eigenvalue weighted by atomic mass is 16.5. The lowest BCUT2D eigenvalue weighted by Crippen LogP contribution is -2.51. The van der Waals surface area contributed by atoms with Crippen molar-refractivity contribution in [3.8, 4) is 0 Å². The number of carbonyl (C=O) groups excluding carboxylic acids is 2. The summed E-state index contributed by atoms with van der Waals surface area (Å²) >= 11 is 0. The third kappa shape index (κ3) is 4.52. The highest BCUT2D eigenvalue weighted by Gasteiger charge is 2.45. The van der Waals surface area contributed by atoms with Gasteiger partial charge in [0.05, 0.1) is 17.7 Å². The van der Waals surface area contributed by atoms with E-state index >= 15 is 0 Å². The molecular formula is C23H30N2O4. The van der Waals surface area contributed by atoms with Gasteiger partial charge in [-0.15, -0.1) is 0 Å². The van der Waals surface area contributed by atoms with Crippen LogP contribution < -0.4 is 0 Å². The van der Waals surface area contributed by atoms with E-state index in [1.807, 2.05) is 52.0 Å². The Morgan fingerprint density at radius 3 is 2.72 bits per heavy atom. The lowest BCUT2D eigenvalue weighted by atomic mass is 9.74. The summed E-state index contributed by atoms with van der Waals surface area (Å²) in [4.78, 5) is 27.8. The number of esters is 1. The van der Waals surface area contributed by atoms with E-state index in [1.54, 1.807) is 11.0 Å². The van der Waals surface area contributed by atoms with Crippen LogP contribution in [0.1, 0.15) is 66.9 Å². The van der Waals surface area contributed by atoms with E-state index < -0.39 is 5.41 Å². The van der Waals surface area contributed by atoms with Gasteiger partial charge in [0.2, 0.25) is 5.76 Å². The van der Waals surface area contributed by atoms with E-state index in [2.05, 4.69) is 5.16 Å². The van der Waals surface area contributed by atoms with Crippen molar-refractivity contribution >= 4 is 11.9 Å². The second-order valence-corrected chi connectivity index (χ2v) is 8.21. The lowest BCUT2D eigenvalue weighted by molar-refractivity contribution is -0.158. The van der Waals surface area contributed by atoms with E-state index in [1.165, 1.54) is 0 Å². The molecule has 3 rings (SSSR count). The topological polar surface area (TPSA) is 72.6 Å². The largest absolute Gasteiger partial charge is 0.466 e. The molecule has 1 aromatic heterocycles. The predicted molar refractivity (Wildman–Crippen MR) is 110 cm³/mol. The molecule has 2 heterocycles. The molecule has 1 aliphatic heterocycles. The molecule has 6 heteroatoms. The van der Waals surface area contributed by atoms with Gasteiger partial charge < -0.3 is 14.2 Å². The Balaban J connectivity index is 1.87. The molecule has 1 aromatic carbocycles. The molecule has 1 aliphatic rings. The van der Waals surface area contributed by atoms with E-state index in [0.717, 1.165) is 23.2 Å². The number of aryl methyl sites for hydroxylation is 1. The van der Waals surface area contributed by atoms with Gasteiger partial charge in [-0.2, -0.15) is 0 Å². The van der Waals surface area contributed by atoms with Gasteiger partial charge in [-0.3, -0.25) is 9.59 Å². The summed E-state index contributed by atoms with van der Waals surface area (Å²) in [7, 11) is 0. The monoisotopic (exact) mass is 398 g/mol. The summed E-state index contributed by atoms with van der Waals surface area (Å²) < 4.78 is 10.8. The van der Waals surface area contributed by atoms with Gasteiger partial charge in [-0.25, -0.2) is 0 Å². The van der Waals surface area contributed by atoms with Crippen LogP contribution in [0.3, 0.4) is 0 Å². The first-order valence-electron chi connectivity index (χ1n) is 10.3. The Kier molecular flexibility index (Phi) is 6.40. The molecule has 6 nitrogen and oxygen atoms in total. The molecule has 0 aliphatic carbocycles. The third-order valence-electron chi connectivity index (χ3n) is 5.69. The van der Waals surface area contributed by atoms with Crippen molar-refractivity contribution < 1.29 is 18.8 Å². The average Bonchev–Trinajstić information content (AvgIpc) is 3.20. The average molecular weight is 399 g/mol. The Hall–Kier alpha value is -2.63. The molecule has 1 fully saturated rings. The molecule has 0 saturated carbocycles. The molecule has 1 atom stereocenters. The maximum absolute atomic E-state index is 13.1. The van der Waals surface area contributed by atoms with Crippen LogP contribution in [0.2, 0.25) is 0 Å². The lowest BCUT2D eigenvalue weighted by Gasteiger charge is -2.41. The van der Waals surface area contributed by atoms with Crippen LogP contribution in [0, 0.1) is 12.3 Å². The zero-order chi connectivity index (χ0) is 21.0. The molecule has 1 amide bonds. The molecule has 0 spiro atoms. The zero-order valence-electron chi connectivity index (χ0n) is 17.7. The van der Waals surface area contributed by atoms with Crippen LogP contribution in [-0.2, 0) is 16.0 Å². The van der Waals surface area contributed by atoms with Gasteiger partial charge in [0.15, 0.2) is 0 Å². The predicted octanol–water partition coefficient (Wildman–Crippen LogP) is 4.13. The highest BCUT2D eigenvalue weighted by molar-refractivity contribution is 5.92. The first-order chi connectivity index (χ1) is 13.9. The Bertz CT molecular complexity index is 873. The number of ether oxygens (including phenoxy) is 1. The summed E-state index contributed by atoms with van der Waals surface area (Å²) in [6, 6.07) is 9.76. The summed E-state index contributed by atoms with van der Waals surface area (Å²) in [5.41, 5.74) is 2.24. The normalized spacial score (nSPS) is 19.4. The second kappa shape index (κ2) is 8.80. The van der Waals surface area contributed by atoms with E-state index in [9.17, 15) is 9.59 Å². The molecule has 0 bridgehead atoms. The van der Waals surface area contributed by atoms with Crippen molar-refractivity contribution in [2.45, 2.75) is 52.9 Å². The number of rotatable bonds is 6. The van der Waals surface area contributed by atoms with Crippen molar-refractivity contribution in [2.75, 3.05) is 19.7 Å². The van der Waals surface area contributed by atoms with Gasteiger partial charge in [0.25, 0.3) is 5.91 Å². The smallest absolute Gasteiger partial charge is 0.314 e. The maximum atomic E-state index is 13.1. The number of aromatic nitrogens is 1. The molecule has 156 valence electrons. The summed E-state index contributed by atoms with van der Waals surface area (Å²) in [5.74, 6) is -0.0469. The maximum Gasteiger partial charge on any atom is 0.314 e. The number of nitrogens with zero attached hydrogens (tertiary/aromatic N) is 2. The fraction of sp³-hybridized carbons (Fsp3) is 0.522. The first kappa shape index (κ1) is 21.1. The van der Waals surface area contributed by atoms with Crippen molar-refractivity contribution in [1.29, 1.82) is 0 Å². The van der Waals surface area contributed by atoms with Gasteiger partial charge in [-0.1, -0.05) is 43.3 Å². The zero-order valence-corrected chi connectivity index (χ0v) is 17.7. The van der Waals surface area contributed by atoms with Crippen LogP contribution in [0.5, 0.6) is 0 Å². The first-order valence-corrected chi connectivity index (χ1v) is 10.3. The van der Waals surface area contributed by atoms with Gasteiger partial charge in [0, 0.05) is 19.2 Å². The van der Waals surface area contributed by atoms with Gasteiger partial charge in [-0.05, 0) is 50.2 Å². The standard InChI is InChI=1S/C23H30N2O4/c1-5-28-22(27)23(14-18-10-7-6-9-17(18)4)11-8-12-25(15-23)21(26)20-13-19(16(2)3)24-29-20/h6-7,9-10,13,16H,5,8,11-12,14-15H2,1-4H3. The number of piperidine rings is 1. The Labute approximate surface area is 172 Å². The van der Waals surface area contributed by atoms with Crippen molar-refractivity contribution in [3.63, 3.8) is 0 Å². The van der Waals surface area contributed by atoms with Crippen LogP contribution in [0.25, 0.3) is 0 Å². The van der Waals surface area contributed by atoms with Crippen LogP contribution >= 0.6 is 0 Å². The highest BCUT2D eigenvalue weighted by Crippen LogP contribution is 2.36. The molecular weight excluding hydrogens is 368 g/mol. The number of benzene rings is 1. The number of hydrogen-bond acceptors (Lipinski definition) is 5.